The number of nitrogens with two attached hydrogens (primary N) is 1. The average molecular weight is 355 g/mol. The first-order valence-corrected chi connectivity index (χ1v) is 8.51. The Labute approximate surface area is 152 Å². The number of halogens is 1. The molecule has 2 N–H and O–H groups in total. The summed E-state index contributed by atoms with van der Waals surface area (Å²) in [5.74, 6) is -1.10. The van der Waals surface area contributed by atoms with Gasteiger partial charge in [-0.2, -0.15) is 0 Å². The fraction of sp³-hybridized carbons (Fsp3) is 0.300. The van der Waals surface area contributed by atoms with E-state index in [2.05, 4.69) is 0 Å². The molecule has 0 radical (unpaired) electrons. The van der Waals surface area contributed by atoms with E-state index in [0.29, 0.717) is 18.5 Å². The highest BCUT2D eigenvalue weighted by Crippen LogP contribution is 2.28. The third-order valence-electron chi connectivity index (χ3n) is 4.93. The van der Waals surface area contributed by atoms with Crippen molar-refractivity contribution in [3.05, 3.63) is 66.0 Å². The second kappa shape index (κ2) is 6.88. The molecule has 1 fully saturated rings. The van der Waals surface area contributed by atoms with Gasteiger partial charge in [0.25, 0.3) is 0 Å². The van der Waals surface area contributed by atoms with Crippen molar-refractivity contribution in [1.82, 2.24) is 4.90 Å². The predicted molar refractivity (Wildman–Crippen MR) is 97.9 cm³/mol. The molecule has 2 aromatic rings. The lowest BCUT2D eigenvalue weighted by molar-refractivity contribution is -0.141. The van der Waals surface area contributed by atoms with Crippen molar-refractivity contribution >= 4 is 17.5 Å². The van der Waals surface area contributed by atoms with E-state index in [1.807, 2.05) is 18.2 Å². The predicted octanol–water partition coefficient (Wildman–Crippen LogP) is 2.26. The van der Waals surface area contributed by atoms with Crippen LogP contribution in [0.1, 0.15) is 18.9 Å². The molecule has 0 aromatic heterocycles. The Hall–Kier alpha value is -2.73. The molecule has 136 valence electrons. The first-order valence-electron chi connectivity index (χ1n) is 8.51. The number of hydrogen-bond acceptors (Lipinski definition) is 3. The van der Waals surface area contributed by atoms with Gasteiger partial charge in [0.1, 0.15) is 17.4 Å². The van der Waals surface area contributed by atoms with Gasteiger partial charge in [-0.15, -0.1) is 0 Å². The molecule has 2 amide bonds. The van der Waals surface area contributed by atoms with Gasteiger partial charge in [0, 0.05) is 13.6 Å². The van der Waals surface area contributed by atoms with Gasteiger partial charge in [0.05, 0.1) is 5.69 Å². The maximum Gasteiger partial charge on any atom is 0.249 e. The smallest absolute Gasteiger partial charge is 0.249 e. The molecule has 1 aliphatic heterocycles. The molecule has 1 heterocycles. The molecule has 2 unspecified atom stereocenters. The summed E-state index contributed by atoms with van der Waals surface area (Å²) < 4.78 is 14.0. The van der Waals surface area contributed by atoms with Crippen molar-refractivity contribution < 1.29 is 14.0 Å². The first-order chi connectivity index (χ1) is 12.3. The zero-order valence-electron chi connectivity index (χ0n) is 14.9. The molecule has 2 aromatic carbocycles. The summed E-state index contributed by atoms with van der Waals surface area (Å²) in [6.45, 7) is 1.99. The Morgan fingerprint density at radius 3 is 2.46 bits per heavy atom. The van der Waals surface area contributed by atoms with E-state index in [-0.39, 0.29) is 17.5 Å². The Morgan fingerprint density at radius 2 is 1.81 bits per heavy atom. The highest BCUT2D eigenvalue weighted by Gasteiger charge is 2.42. The maximum absolute atomic E-state index is 14.0. The van der Waals surface area contributed by atoms with Gasteiger partial charge in [-0.25, -0.2) is 4.39 Å². The molecular weight excluding hydrogens is 333 g/mol. The summed E-state index contributed by atoms with van der Waals surface area (Å²) in [5.41, 5.74) is 5.95. The van der Waals surface area contributed by atoms with Gasteiger partial charge in [0.2, 0.25) is 11.8 Å². The molecule has 3 rings (SSSR count). The number of anilines is 1. The van der Waals surface area contributed by atoms with Crippen molar-refractivity contribution in [3.63, 3.8) is 0 Å². The van der Waals surface area contributed by atoms with Gasteiger partial charge in [-0.1, -0.05) is 42.5 Å². The molecule has 0 saturated carbocycles. The normalized spacial score (nSPS) is 19.3. The Kier molecular flexibility index (Phi) is 4.78. The zero-order valence-corrected chi connectivity index (χ0v) is 14.9. The number of para-hydroxylation sites is 1. The van der Waals surface area contributed by atoms with Gasteiger partial charge in [-0.05, 0) is 31.0 Å². The average Bonchev–Trinajstić information content (AvgIpc) is 3.03. The molecule has 0 spiro atoms. The SMILES string of the molecule is CN(C(=O)C(C)(N)c1ccccc1)C1CCN(c2ccccc2F)C1=O. The molecular formula is C20H22FN3O2. The van der Waals surface area contributed by atoms with Crippen LogP contribution in [0, 0.1) is 5.82 Å². The first kappa shape index (κ1) is 18.1. The number of nitrogens with zero attached hydrogens (tertiary/aromatic N) is 2. The fourth-order valence-electron chi connectivity index (χ4n) is 3.35. The molecule has 0 aliphatic carbocycles. The van der Waals surface area contributed by atoms with E-state index in [1.165, 1.54) is 15.9 Å². The third-order valence-corrected chi connectivity index (χ3v) is 4.93. The van der Waals surface area contributed by atoms with Crippen molar-refractivity contribution in [1.29, 1.82) is 0 Å². The van der Waals surface area contributed by atoms with Crippen LogP contribution in [-0.2, 0) is 15.1 Å². The number of amides is 2. The molecule has 5 nitrogen and oxygen atoms in total. The molecule has 26 heavy (non-hydrogen) atoms. The summed E-state index contributed by atoms with van der Waals surface area (Å²) >= 11 is 0. The Bertz CT molecular complexity index is 823. The van der Waals surface area contributed by atoms with Crippen LogP contribution in [0.15, 0.2) is 54.6 Å². The topological polar surface area (TPSA) is 66.6 Å². The quantitative estimate of drug-likeness (QED) is 0.915. The fourth-order valence-corrected chi connectivity index (χ4v) is 3.35. The monoisotopic (exact) mass is 355 g/mol. The van der Waals surface area contributed by atoms with Gasteiger partial charge in [0.15, 0.2) is 0 Å². The highest BCUT2D eigenvalue weighted by atomic mass is 19.1. The van der Waals surface area contributed by atoms with Gasteiger partial charge in [-0.3, -0.25) is 9.59 Å². The number of carbonyl (C=O) groups is 2. The minimum absolute atomic E-state index is 0.236. The van der Waals surface area contributed by atoms with E-state index in [1.54, 1.807) is 44.3 Å². The van der Waals surface area contributed by atoms with E-state index >= 15 is 0 Å². The van der Waals surface area contributed by atoms with Crippen molar-refractivity contribution in [2.45, 2.75) is 24.9 Å². The lowest BCUT2D eigenvalue weighted by atomic mass is 9.91. The summed E-state index contributed by atoms with van der Waals surface area (Å²) in [7, 11) is 1.57. The van der Waals surface area contributed by atoms with Crippen molar-refractivity contribution in [2.75, 3.05) is 18.5 Å². The Morgan fingerprint density at radius 1 is 1.19 bits per heavy atom. The standard InChI is InChI=1S/C20H22FN3O2/c1-20(22,14-8-4-3-5-9-14)19(26)23(2)17-12-13-24(18(17)25)16-11-7-6-10-15(16)21/h3-11,17H,12-13,22H2,1-2H3. The lowest BCUT2D eigenvalue weighted by Crippen LogP contribution is -2.54. The highest BCUT2D eigenvalue weighted by molar-refractivity contribution is 6.02. The summed E-state index contributed by atoms with van der Waals surface area (Å²) in [5, 5.41) is 0. The molecule has 1 aliphatic rings. The van der Waals surface area contributed by atoms with Crippen LogP contribution in [0.2, 0.25) is 0 Å². The largest absolute Gasteiger partial charge is 0.332 e. The van der Waals surface area contributed by atoms with E-state index in [9.17, 15) is 14.0 Å². The molecule has 6 heteroatoms. The van der Waals surface area contributed by atoms with E-state index in [0.717, 1.165) is 0 Å². The van der Waals surface area contributed by atoms with Crippen LogP contribution in [0.3, 0.4) is 0 Å². The van der Waals surface area contributed by atoms with Gasteiger partial charge >= 0.3 is 0 Å². The molecule has 0 bridgehead atoms. The second-order valence-electron chi connectivity index (χ2n) is 6.73. The number of rotatable bonds is 4. The van der Waals surface area contributed by atoms with Crippen molar-refractivity contribution in [2.24, 2.45) is 5.73 Å². The van der Waals surface area contributed by atoms with Crippen LogP contribution < -0.4 is 10.6 Å². The third kappa shape index (κ3) is 3.08. The van der Waals surface area contributed by atoms with Crippen LogP contribution in [0.4, 0.5) is 10.1 Å². The molecule has 2 atom stereocenters. The Balaban J connectivity index is 1.80. The number of likely N-dealkylation sites (N-methyl/N-ethyl adjacent to an activating group) is 1. The molecule has 1 saturated heterocycles. The number of benzene rings is 2. The van der Waals surface area contributed by atoms with Crippen LogP contribution >= 0.6 is 0 Å². The van der Waals surface area contributed by atoms with E-state index in [4.69, 9.17) is 5.73 Å². The minimum atomic E-state index is -1.25. The van der Waals surface area contributed by atoms with Crippen molar-refractivity contribution in [3.8, 4) is 0 Å². The summed E-state index contributed by atoms with van der Waals surface area (Å²) in [6, 6.07) is 14.5. The minimum Gasteiger partial charge on any atom is -0.332 e. The van der Waals surface area contributed by atoms with Gasteiger partial charge < -0.3 is 15.5 Å². The maximum atomic E-state index is 14.0. The second-order valence-corrected chi connectivity index (χ2v) is 6.73. The van der Waals surface area contributed by atoms with Crippen LogP contribution in [-0.4, -0.2) is 36.3 Å². The number of hydrogen-bond donors (Lipinski definition) is 1. The number of carbonyl (C=O) groups excluding carboxylic acids is 2. The van der Waals surface area contributed by atoms with Crippen LogP contribution in [0.5, 0.6) is 0 Å². The lowest BCUT2D eigenvalue weighted by Gasteiger charge is -2.32. The van der Waals surface area contributed by atoms with Crippen LogP contribution in [0.25, 0.3) is 0 Å². The summed E-state index contributed by atoms with van der Waals surface area (Å²) in [6.07, 6.45) is 0.431. The summed E-state index contributed by atoms with van der Waals surface area (Å²) in [4.78, 5) is 28.5. The zero-order chi connectivity index (χ0) is 18.9. The van der Waals surface area contributed by atoms with E-state index < -0.39 is 17.4 Å².